The number of aromatic hydroxyl groups is 1. The summed E-state index contributed by atoms with van der Waals surface area (Å²) >= 11 is 6.38. The average molecular weight is 475 g/mol. The summed E-state index contributed by atoms with van der Waals surface area (Å²) in [6.45, 7) is 4.64. The fourth-order valence-corrected chi connectivity index (χ4v) is 4.56. The highest BCUT2D eigenvalue weighted by atomic mass is 35.5. The lowest BCUT2D eigenvalue weighted by Crippen LogP contribution is -2.29. The molecule has 3 heterocycles. The Morgan fingerprint density at radius 3 is 2.82 bits per heavy atom. The highest BCUT2D eigenvalue weighted by molar-refractivity contribution is 6.31. The maximum atomic E-state index is 13.6. The first-order chi connectivity index (χ1) is 16.5. The second-order valence-electron chi connectivity index (χ2n) is 8.18. The lowest BCUT2D eigenvalue weighted by Gasteiger charge is -2.27. The Bertz CT molecular complexity index is 1370. The van der Waals surface area contributed by atoms with Gasteiger partial charge in [-0.15, -0.1) is 0 Å². The molecule has 5 rings (SSSR count). The van der Waals surface area contributed by atoms with E-state index >= 15 is 0 Å². The number of nitrogens with zero attached hydrogens (tertiary/aromatic N) is 3. The molecule has 0 spiro atoms. The number of aryl methyl sites for hydroxylation is 1. The zero-order valence-corrected chi connectivity index (χ0v) is 19.5. The highest BCUT2D eigenvalue weighted by Gasteiger charge is 2.42. The number of hydrogen-bond acceptors (Lipinski definition) is 5. The van der Waals surface area contributed by atoms with Gasteiger partial charge in [0.15, 0.2) is 0 Å². The summed E-state index contributed by atoms with van der Waals surface area (Å²) in [5, 5.41) is 18.6. The van der Waals surface area contributed by atoms with Crippen molar-refractivity contribution in [2.24, 2.45) is 0 Å². The first-order valence-corrected chi connectivity index (χ1v) is 11.4. The van der Waals surface area contributed by atoms with E-state index in [4.69, 9.17) is 16.3 Å². The van der Waals surface area contributed by atoms with Crippen LogP contribution in [0.2, 0.25) is 5.02 Å². The fourth-order valence-electron chi connectivity index (χ4n) is 4.40. The third kappa shape index (κ3) is 3.78. The maximum Gasteiger partial charge on any atom is 0.273 e. The number of benzene rings is 2. The molecule has 1 aliphatic heterocycles. The van der Waals surface area contributed by atoms with Gasteiger partial charge in [-0.1, -0.05) is 29.8 Å². The maximum absolute atomic E-state index is 13.6. The quantitative estimate of drug-likeness (QED) is 0.396. The average Bonchev–Trinajstić information content (AvgIpc) is 3.37. The molecule has 7 nitrogen and oxygen atoms in total. The zero-order valence-electron chi connectivity index (χ0n) is 18.7. The number of nitrogens with one attached hydrogen (secondary N) is 1. The Morgan fingerprint density at radius 1 is 1.21 bits per heavy atom. The van der Waals surface area contributed by atoms with Crippen LogP contribution in [0.15, 0.2) is 60.9 Å². The summed E-state index contributed by atoms with van der Waals surface area (Å²) in [4.78, 5) is 19.5. The van der Waals surface area contributed by atoms with Gasteiger partial charge >= 0.3 is 0 Å². The van der Waals surface area contributed by atoms with Gasteiger partial charge in [-0.3, -0.25) is 14.9 Å². The van der Waals surface area contributed by atoms with Crippen molar-refractivity contribution in [1.82, 2.24) is 20.1 Å². The van der Waals surface area contributed by atoms with Crippen LogP contribution in [0.1, 0.15) is 45.7 Å². The topological polar surface area (TPSA) is 91.3 Å². The van der Waals surface area contributed by atoms with Gasteiger partial charge in [0.05, 0.1) is 12.6 Å². The summed E-state index contributed by atoms with van der Waals surface area (Å²) in [7, 11) is 0. The van der Waals surface area contributed by atoms with Crippen LogP contribution in [0.5, 0.6) is 11.5 Å². The lowest BCUT2D eigenvalue weighted by molar-refractivity contribution is 0.0729. The van der Waals surface area contributed by atoms with Crippen molar-refractivity contribution in [1.29, 1.82) is 0 Å². The second-order valence-corrected chi connectivity index (χ2v) is 8.59. The van der Waals surface area contributed by atoms with Gasteiger partial charge < -0.3 is 14.7 Å². The molecule has 1 amide bonds. The van der Waals surface area contributed by atoms with Crippen molar-refractivity contribution in [3.8, 4) is 22.8 Å². The number of ether oxygens (including phenoxy) is 1. The summed E-state index contributed by atoms with van der Waals surface area (Å²) in [6, 6.07) is 14.3. The number of phenols is 1. The summed E-state index contributed by atoms with van der Waals surface area (Å²) in [5.74, 6) is 0.590. The van der Waals surface area contributed by atoms with E-state index < -0.39 is 6.04 Å². The number of amides is 1. The van der Waals surface area contributed by atoms with E-state index in [0.29, 0.717) is 46.4 Å². The molecule has 0 aliphatic carbocycles. The number of fused-ring (bicyclic) bond motifs is 1. The Morgan fingerprint density at radius 2 is 2.06 bits per heavy atom. The minimum absolute atomic E-state index is 0.0520. The van der Waals surface area contributed by atoms with Gasteiger partial charge in [-0.2, -0.15) is 5.10 Å². The summed E-state index contributed by atoms with van der Waals surface area (Å²) in [6.07, 6.45) is 3.45. The van der Waals surface area contributed by atoms with Crippen molar-refractivity contribution in [2.75, 3.05) is 6.61 Å². The SMILES string of the molecule is CCOc1cccc(C2c3c(-c4cc(Cl)c(C)cc4O)n[nH]c3C(=O)N2Cc2cccnc2)c1. The van der Waals surface area contributed by atoms with Gasteiger partial charge in [-0.05, 0) is 60.9 Å². The molecule has 0 fully saturated rings. The Hall–Kier alpha value is -3.84. The number of rotatable bonds is 6. The number of carbonyl (C=O) groups excluding carboxylic acids is 1. The zero-order chi connectivity index (χ0) is 23.8. The molecule has 4 aromatic rings. The molecular weight excluding hydrogens is 452 g/mol. The minimum Gasteiger partial charge on any atom is -0.507 e. The van der Waals surface area contributed by atoms with Crippen LogP contribution in [-0.4, -0.2) is 37.7 Å². The first-order valence-electron chi connectivity index (χ1n) is 11.0. The molecule has 8 heteroatoms. The van der Waals surface area contributed by atoms with Crippen LogP contribution in [0.4, 0.5) is 0 Å². The van der Waals surface area contributed by atoms with Crippen LogP contribution in [0.25, 0.3) is 11.3 Å². The van der Waals surface area contributed by atoms with E-state index in [9.17, 15) is 9.90 Å². The van der Waals surface area contributed by atoms with Crippen molar-refractivity contribution in [3.05, 3.63) is 93.9 Å². The molecule has 0 saturated carbocycles. The fraction of sp³-hybridized carbons (Fsp3) is 0.192. The summed E-state index contributed by atoms with van der Waals surface area (Å²) < 4.78 is 5.72. The lowest BCUT2D eigenvalue weighted by atomic mass is 9.95. The van der Waals surface area contributed by atoms with Crippen molar-refractivity contribution < 1.29 is 14.6 Å². The number of hydrogen-bond donors (Lipinski definition) is 2. The van der Waals surface area contributed by atoms with E-state index in [1.807, 2.05) is 50.2 Å². The standard InChI is InChI=1S/C26H23ClN4O3/c1-3-34-18-8-4-7-17(11-18)25-22-23(19-12-20(27)15(2)10-21(19)32)29-30-24(22)26(33)31(25)14-16-6-5-9-28-13-16/h4-13,25,32H,3,14H2,1-2H3,(H,29,30). The molecule has 2 N–H and O–H groups in total. The molecule has 1 aliphatic rings. The van der Waals surface area contributed by atoms with Crippen LogP contribution in [-0.2, 0) is 6.54 Å². The number of H-pyrrole nitrogens is 1. The van der Waals surface area contributed by atoms with Gasteiger partial charge in [0.1, 0.15) is 22.9 Å². The molecule has 34 heavy (non-hydrogen) atoms. The smallest absolute Gasteiger partial charge is 0.273 e. The van der Waals surface area contributed by atoms with Gasteiger partial charge in [0, 0.05) is 35.1 Å². The summed E-state index contributed by atoms with van der Waals surface area (Å²) in [5.41, 5.74) is 4.58. The number of carbonyl (C=O) groups is 1. The molecule has 1 atom stereocenters. The molecule has 2 aromatic carbocycles. The molecular formula is C26H23ClN4O3. The van der Waals surface area contributed by atoms with Gasteiger partial charge in [0.2, 0.25) is 0 Å². The van der Waals surface area contributed by atoms with E-state index in [0.717, 1.165) is 16.7 Å². The molecule has 2 aromatic heterocycles. The van der Waals surface area contributed by atoms with Gasteiger partial charge in [0.25, 0.3) is 5.91 Å². The molecule has 0 radical (unpaired) electrons. The minimum atomic E-state index is -0.448. The molecule has 0 bridgehead atoms. The molecule has 1 unspecified atom stereocenters. The molecule has 172 valence electrons. The highest BCUT2D eigenvalue weighted by Crippen LogP contribution is 2.46. The van der Waals surface area contributed by atoms with Crippen molar-refractivity contribution >= 4 is 17.5 Å². The van der Waals surface area contributed by atoms with Crippen LogP contribution < -0.4 is 4.74 Å². The second kappa shape index (κ2) is 8.83. The Labute approximate surface area is 202 Å². The Kier molecular flexibility index (Phi) is 5.71. The largest absolute Gasteiger partial charge is 0.507 e. The van der Waals surface area contributed by atoms with E-state index in [2.05, 4.69) is 15.2 Å². The predicted molar refractivity (Wildman–Crippen MR) is 129 cm³/mol. The van der Waals surface area contributed by atoms with E-state index in [1.54, 1.807) is 29.4 Å². The number of pyridine rings is 1. The third-order valence-electron chi connectivity index (χ3n) is 5.96. The normalized spacial score (nSPS) is 15.0. The monoisotopic (exact) mass is 474 g/mol. The van der Waals surface area contributed by atoms with Gasteiger partial charge in [-0.25, -0.2) is 0 Å². The Balaban J connectivity index is 1.68. The number of aromatic amines is 1. The van der Waals surface area contributed by atoms with Crippen LogP contribution in [0.3, 0.4) is 0 Å². The van der Waals surface area contributed by atoms with E-state index in [-0.39, 0.29) is 11.7 Å². The van der Waals surface area contributed by atoms with Crippen molar-refractivity contribution in [2.45, 2.75) is 26.4 Å². The van der Waals surface area contributed by atoms with Crippen LogP contribution in [0, 0.1) is 6.92 Å². The number of phenolic OH excluding ortho intramolecular Hbond substituents is 1. The molecule has 0 saturated heterocycles. The van der Waals surface area contributed by atoms with E-state index in [1.165, 1.54) is 0 Å². The first kappa shape index (κ1) is 22.0. The number of halogens is 1. The number of aromatic nitrogens is 3. The predicted octanol–water partition coefficient (Wildman–Crippen LogP) is 5.28. The third-order valence-corrected chi connectivity index (χ3v) is 6.36. The van der Waals surface area contributed by atoms with Crippen molar-refractivity contribution in [3.63, 3.8) is 0 Å². The van der Waals surface area contributed by atoms with Crippen LogP contribution >= 0.6 is 11.6 Å².